The molecule has 27 heavy (non-hydrogen) atoms. The number of aryl methyl sites for hydroxylation is 1. The minimum absolute atomic E-state index is 0.0128. The zero-order valence-corrected chi connectivity index (χ0v) is 15.3. The Hall–Kier alpha value is -2.80. The van der Waals surface area contributed by atoms with Gasteiger partial charge in [0.2, 0.25) is 5.91 Å². The quantitative estimate of drug-likeness (QED) is 0.696. The Labute approximate surface area is 157 Å². The van der Waals surface area contributed by atoms with Crippen molar-refractivity contribution in [1.29, 1.82) is 0 Å². The normalized spacial score (nSPS) is 19.4. The van der Waals surface area contributed by atoms with Crippen molar-refractivity contribution >= 4 is 16.9 Å². The highest BCUT2D eigenvalue weighted by Gasteiger charge is 2.30. The van der Waals surface area contributed by atoms with E-state index in [0.29, 0.717) is 26.3 Å². The Morgan fingerprint density at radius 2 is 2.19 bits per heavy atom. The van der Waals surface area contributed by atoms with E-state index in [0.717, 1.165) is 46.3 Å². The van der Waals surface area contributed by atoms with Crippen LogP contribution in [0.25, 0.3) is 22.2 Å². The number of hydrogen-bond acceptors (Lipinski definition) is 5. The zero-order valence-electron chi connectivity index (χ0n) is 15.3. The predicted molar refractivity (Wildman–Crippen MR) is 99.8 cm³/mol. The average molecular weight is 363 g/mol. The van der Waals surface area contributed by atoms with E-state index in [1.807, 2.05) is 30.5 Å². The van der Waals surface area contributed by atoms with Crippen LogP contribution in [0.2, 0.25) is 0 Å². The third-order valence-corrected chi connectivity index (χ3v) is 5.44. The van der Waals surface area contributed by atoms with Crippen molar-refractivity contribution in [1.82, 2.24) is 24.6 Å². The van der Waals surface area contributed by atoms with Crippen LogP contribution in [0.1, 0.15) is 17.7 Å². The van der Waals surface area contributed by atoms with Crippen LogP contribution in [0, 0.1) is 5.92 Å². The van der Waals surface area contributed by atoms with Crippen LogP contribution in [0.15, 0.2) is 30.7 Å². The SMILES string of the molecule is Cn1cc(-c2cnc3nc4c(cc3c2)CN(C(=O)C2CCOC2)CC4)cn1. The maximum Gasteiger partial charge on any atom is 0.228 e. The van der Waals surface area contributed by atoms with Crippen molar-refractivity contribution in [3.63, 3.8) is 0 Å². The highest BCUT2D eigenvalue weighted by atomic mass is 16.5. The molecule has 3 aromatic heterocycles. The lowest BCUT2D eigenvalue weighted by Crippen LogP contribution is -2.40. The summed E-state index contributed by atoms with van der Waals surface area (Å²) in [6.07, 6.45) is 7.25. The smallest absolute Gasteiger partial charge is 0.228 e. The summed E-state index contributed by atoms with van der Waals surface area (Å²) in [6.45, 7) is 2.58. The maximum atomic E-state index is 12.7. The van der Waals surface area contributed by atoms with E-state index in [1.165, 1.54) is 0 Å². The van der Waals surface area contributed by atoms with Crippen molar-refractivity contribution in [2.45, 2.75) is 19.4 Å². The molecule has 0 N–H and O–H groups in total. The molecule has 0 radical (unpaired) electrons. The summed E-state index contributed by atoms with van der Waals surface area (Å²) in [5.74, 6) is 0.222. The number of aromatic nitrogens is 4. The molecule has 0 bridgehead atoms. The molecule has 2 aliphatic rings. The van der Waals surface area contributed by atoms with Gasteiger partial charge in [0.25, 0.3) is 0 Å². The molecule has 5 heterocycles. The molecule has 0 saturated carbocycles. The monoisotopic (exact) mass is 363 g/mol. The van der Waals surface area contributed by atoms with Crippen LogP contribution in [-0.2, 0) is 29.5 Å². The molecule has 7 nitrogen and oxygen atoms in total. The summed E-state index contributed by atoms with van der Waals surface area (Å²) in [4.78, 5) is 24.0. The summed E-state index contributed by atoms with van der Waals surface area (Å²) < 4.78 is 7.16. The number of pyridine rings is 2. The summed E-state index contributed by atoms with van der Waals surface area (Å²) in [7, 11) is 1.90. The van der Waals surface area contributed by atoms with E-state index in [2.05, 4.69) is 22.2 Å². The molecule has 0 aromatic carbocycles. The van der Waals surface area contributed by atoms with Gasteiger partial charge in [-0.2, -0.15) is 5.10 Å². The second kappa shape index (κ2) is 6.42. The fourth-order valence-corrected chi connectivity index (χ4v) is 3.93. The summed E-state index contributed by atoms with van der Waals surface area (Å²) in [6, 6.07) is 4.23. The molecule has 1 atom stereocenters. The number of ether oxygens (including phenoxy) is 1. The summed E-state index contributed by atoms with van der Waals surface area (Å²) in [5, 5.41) is 5.22. The molecule has 1 saturated heterocycles. The lowest BCUT2D eigenvalue weighted by Gasteiger charge is -2.30. The van der Waals surface area contributed by atoms with Crippen molar-refractivity contribution in [3.8, 4) is 11.1 Å². The number of amides is 1. The van der Waals surface area contributed by atoms with Crippen molar-refractivity contribution in [2.75, 3.05) is 19.8 Å². The number of fused-ring (bicyclic) bond motifs is 2. The van der Waals surface area contributed by atoms with Crippen molar-refractivity contribution in [3.05, 3.63) is 42.0 Å². The highest BCUT2D eigenvalue weighted by molar-refractivity contribution is 5.82. The first-order chi connectivity index (χ1) is 13.2. The van der Waals surface area contributed by atoms with Crippen molar-refractivity contribution < 1.29 is 9.53 Å². The first-order valence-corrected chi connectivity index (χ1v) is 9.31. The average Bonchev–Trinajstić information content (AvgIpc) is 3.37. The van der Waals surface area contributed by atoms with Crippen LogP contribution in [0.4, 0.5) is 0 Å². The first kappa shape index (κ1) is 16.4. The molecule has 1 amide bonds. The van der Waals surface area contributed by atoms with E-state index in [1.54, 1.807) is 4.68 Å². The lowest BCUT2D eigenvalue weighted by molar-refractivity contribution is -0.136. The topological polar surface area (TPSA) is 73.1 Å². The van der Waals surface area contributed by atoms with E-state index in [4.69, 9.17) is 9.72 Å². The van der Waals surface area contributed by atoms with Gasteiger partial charge in [-0.15, -0.1) is 0 Å². The van der Waals surface area contributed by atoms with Crippen molar-refractivity contribution in [2.24, 2.45) is 13.0 Å². The van der Waals surface area contributed by atoms with Gasteiger partial charge in [0.15, 0.2) is 5.65 Å². The van der Waals surface area contributed by atoms with Gasteiger partial charge in [-0.1, -0.05) is 0 Å². The zero-order chi connectivity index (χ0) is 18.4. The Morgan fingerprint density at radius 1 is 1.26 bits per heavy atom. The second-order valence-electron chi connectivity index (χ2n) is 7.34. The van der Waals surface area contributed by atoms with Crippen LogP contribution in [0.5, 0.6) is 0 Å². The molecule has 0 spiro atoms. The number of carbonyl (C=O) groups excluding carboxylic acids is 1. The molecule has 3 aromatic rings. The third kappa shape index (κ3) is 2.98. The predicted octanol–water partition coefficient (Wildman–Crippen LogP) is 1.95. The molecule has 1 unspecified atom stereocenters. The van der Waals surface area contributed by atoms with E-state index in [-0.39, 0.29) is 11.8 Å². The molecule has 7 heteroatoms. The first-order valence-electron chi connectivity index (χ1n) is 9.31. The molecule has 0 aliphatic carbocycles. The molecular weight excluding hydrogens is 342 g/mol. The number of hydrogen-bond donors (Lipinski definition) is 0. The van der Waals surface area contributed by atoms with Gasteiger partial charge in [-0.05, 0) is 24.1 Å². The van der Waals surface area contributed by atoms with E-state index >= 15 is 0 Å². The minimum Gasteiger partial charge on any atom is -0.381 e. The van der Waals surface area contributed by atoms with Crippen LogP contribution in [-0.4, -0.2) is 50.3 Å². The second-order valence-corrected chi connectivity index (χ2v) is 7.34. The fourth-order valence-electron chi connectivity index (χ4n) is 3.93. The highest BCUT2D eigenvalue weighted by Crippen LogP contribution is 2.27. The lowest BCUT2D eigenvalue weighted by atomic mass is 10.0. The maximum absolute atomic E-state index is 12.7. The van der Waals surface area contributed by atoms with Gasteiger partial charge < -0.3 is 9.64 Å². The summed E-state index contributed by atoms with van der Waals surface area (Å²) in [5.41, 5.74) is 4.97. The van der Waals surface area contributed by atoms with Crippen LogP contribution < -0.4 is 0 Å². The Morgan fingerprint density at radius 3 is 2.96 bits per heavy atom. The Kier molecular flexibility index (Phi) is 3.89. The van der Waals surface area contributed by atoms with Gasteiger partial charge in [0, 0.05) is 67.8 Å². The third-order valence-electron chi connectivity index (χ3n) is 5.44. The molecule has 2 aliphatic heterocycles. The summed E-state index contributed by atoms with van der Waals surface area (Å²) >= 11 is 0. The Bertz CT molecular complexity index is 1020. The fraction of sp³-hybridized carbons (Fsp3) is 0.400. The van der Waals surface area contributed by atoms with E-state index < -0.39 is 0 Å². The van der Waals surface area contributed by atoms with Crippen LogP contribution >= 0.6 is 0 Å². The minimum atomic E-state index is 0.0128. The molecule has 138 valence electrons. The van der Waals surface area contributed by atoms with Gasteiger partial charge in [-0.3, -0.25) is 9.48 Å². The molecule has 1 fully saturated rings. The van der Waals surface area contributed by atoms with Gasteiger partial charge in [0.1, 0.15) is 0 Å². The van der Waals surface area contributed by atoms with Gasteiger partial charge in [0.05, 0.1) is 18.7 Å². The number of rotatable bonds is 2. The Balaban J connectivity index is 1.46. The number of carbonyl (C=O) groups is 1. The van der Waals surface area contributed by atoms with Crippen LogP contribution in [0.3, 0.4) is 0 Å². The standard InChI is InChI=1S/C20H21N5O2/c1-24-10-17(9-22-24)15-6-14-7-16-11-25(20(26)13-3-5-27-12-13)4-2-18(16)23-19(14)21-8-15/h6-10,13H,2-5,11-12H2,1H3. The van der Waals surface area contributed by atoms with E-state index in [9.17, 15) is 4.79 Å². The largest absolute Gasteiger partial charge is 0.381 e. The van der Waals surface area contributed by atoms with Gasteiger partial charge >= 0.3 is 0 Å². The molecular formula is C20H21N5O2. The number of nitrogens with zero attached hydrogens (tertiary/aromatic N) is 5. The molecule has 5 rings (SSSR count). The van der Waals surface area contributed by atoms with Gasteiger partial charge in [-0.25, -0.2) is 9.97 Å².